The highest BCUT2D eigenvalue weighted by atomic mass is 16.3. The quantitative estimate of drug-likeness (QED) is 0.640. The van der Waals surface area contributed by atoms with E-state index >= 15 is 0 Å². The third-order valence-corrected chi connectivity index (χ3v) is 5.17. The number of oxazole rings is 1. The van der Waals surface area contributed by atoms with E-state index < -0.39 is 0 Å². The first-order valence-electron chi connectivity index (χ1n) is 9.67. The van der Waals surface area contributed by atoms with Crippen LogP contribution in [0.3, 0.4) is 0 Å². The Balaban J connectivity index is 1.52. The summed E-state index contributed by atoms with van der Waals surface area (Å²) >= 11 is 0. The highest BCUT2D eigenvalue weighted by molar-refractivity contribution is 6.00. The Hall–Kier alpha value is -3.02. The van der Waals surface area contributed by atoms with Gasteiger partial charge in [0.2, 0.25) is 0 Å². The van der Waals surface area contributed by atoms with E-state index in [1.165, 1.54) is 0 Å². The number of fused-ring (bicyclic) bond motifs is 1. The lowest BCUT2D eigenvalue weighted by Crippen LogP contribution is -2.42. The van der Waals surface area contributed by atoms with Crippen molar-refractivity contribution in [2.45, 2.75) is 32.6 Å². The molecule has 1 aliphatic rings. The van der Waals surface area contributed by atoms with Crippen molar-refractivity contribution < 1.29 is 14.0 Å². The van der Waals surface area contributed by atoms with E-state index in [1.807, 2.05) is 13.8 Å². The zero-order valence-electron chi connectivity index (χ0n) is 16.1. The summed E-state index contributed by atoms with van der Waals surface area (Å²) in [5.41, 5.74) is 2.55. The number of hydrogen-bond donors (Lipinski definition) is 0. The van der Waals surface area contributed by atoms with Crippen molar-refractivity contribution in [1.29, 1.82) is 0 Å². The lowest BCUT2D eigenvalue weighted by molar-refractivity contribution is 0.0637. The molecule has 0 saturated carbocycles. The monoisotopic (exact) mass is 377 g/mol. The highest BCUT2D eigenvalue weighted by Gasteiger charge is 2.29. The lowest BCUT2D eigenvalue weighted by Gasteiger charge is -2.32. The molecule has 1 amide bonds. The lowest BCUT2D eigenvalue weighted by atomic mass is 9.90. The van der Waals surface area contributed by atoms with E-state index in [2.05, 4.69) is 9.97 Å². The molecule has 1 aliphatic heterocycles. The molecule has 0 aliphatic carbocycles. The van der Waals surface area contributed by atoms with E-state index in [9.17, 15) is 9.59 Å². The molecule has 6 heteroatoms. The Morgan fingerprint density at radius 2 is 2.07 bits per heavy atom. The zero-order chi connectivity index (χ0) is 19.7. The van der Waals surface area contributed by atoms with E-state index in [0.29, 0.717) is 41.2 Å². The van der Waals surface area contributed by atoms with Crippen LogP contribution in [0.15, 0.2) is 47.1 Å². The Labute approximate surface area is 163 Å². The van der Waals surface area contributed by atoms with Crippen molar-refractivity contribution in [2.24, 2.45) is 5.92 Å². The number of rotatable bonds is 4. The maximum absolute atomic E-state index is 13.0. The smallest absolute Gasteiger partial charge is 0.253 e. The predicted molar refractivity (Wildman–Crippen MR) is 105 cm³/mol. The maximum Gasteiger partial charge on any atom is 0.253 e. The SMILES string of the molecule is CC(C)c1nc2cc(C(=O)N3CCCC(C(=O)c4cccnc4)C3)ccc2o1. The molecule has 1 saturated heterocycles. The summed E-state index contributed by atoms with van der Waals surface area (Å²) in [6.45, 7) is 5.12. The Bertz CT molecular complexity index is 1010. The number of nitrogens with zero attached hydrogens (tertiary/aromatic N) is 3. The molecule has 144 valence electrons. The number of pyridine rings is 1. The molecule has 0 N–H and O–H groups in total. The molecule has 0 spiro atoms. The molecular formula is C22H23N3O3. The normalized spacial score (nSPS) is 17.2. The fourth-order valence-electron chi connectivity index (χ4n) is 3.63. The number of ketones is 1. The van der Waals surface area contributed by atoms with Gasteiger partial charge in [0.15, 0.2) is 17.3 Å². The van der Waals surface area contributed by atoms with Crippen molar-refractivity contribution in [3.8, 4) is 0 Å². The van der Waals surface area contributed by atoms with Gasteiger partial charge in [0.1, 0.15) is 5.52 Å². The molecule has 3 heterocycles. The molecule has 4 rings (SSSR count). The third kappa shape index (κ3) is 3.54. The van der Waals surface area contributed by atoms with Gasteiger partial charge in [-0.05, 0) is 43.2 Å². The van der Waals surface area contributed by atoms with E-state index in [4.69, 9.17) is 4.42 Å². The molecule has 1 fully saturated rings. The maximum atomic E-state index is 13.0. The number of carbonyl (C=O) groups is 2. The molecule has 2 aromatic heterocycles. The van der Waals surface area contributed by atoms with Crippen LogP contribution in [0.2, 0.25) is 0 Å². The van der Waals surface area contributed by atoms with Gasteiger partial charge in [-0.1, -0.05) is 13.8 Å². The van der Waals surface area contributed by atoms with Crippen molar-refractivity contribution in [2.75, 3.05) is 13.1 Å². The van der Waals surface area contributed by atoms with Gasteiger partial charge < -0.3 is 9.32 Å². The topological polar surface area (TPSA) is 76.3 Å². The molecule has 0 radical (unpaired) electrons. The fourth-order valence-corrected chi connectivity index (χ4v) is 3.63. The van der Waals surface area contributed by atoms with Crippen LogP contribution in [0.4, 0.5) is 0 Å². The number of benzene rings is 1. The minimum absolute atomic E-state index is 0.0547. The molecule has 1 aromatic carbocycles. The van der Waals surface area contributed by atoms with E-state index in [0.717, 1.165) is 12.8 Å². The summed E-state index contributed by atoms with van der Waals surface area (Å²) in [6, 6.07) is 8.88. The Morgan fingerprint density at radius 1 is 1.21 bits per heavy atom. The summed E-state index contributed by atoms with van der Waals surface area (Å²) in [4.78, 5) is 36.1. The first kappa shape index (κ1) is 18.3. The molecule has 6 nitrogen and oxygen atoms in total. The fraction of sp³-hybridized carbons (Fsp3) is 0.364. The molecule has 0 bridgehead atoms. The van der Waals surface area contributed by atoms with Gasteiger partial charge in [0, 0.05) is 48.4 Å². The van der Waals surface area contributed by atoms with Gasteiger partial charge >= 0.3 is 0 Å². The summed E-state index contributed by atoms with van der Waals surface area (Å²) in [5, 5.41) is 0. The highest BCUT2D eigenvalue weighted by Crippen LogP contribution is 2.25. The number of likely N-dealkylation sites (tertiary alicyclic amines) is 1. The number of aromatic nitrogens is 2. The molecular weight excluding hydrogens is 354 g/mol. The van der Waals surface area contributed by atoms with Crippen LogP contribution in [0, 0.1) is 5.92 Å². The predicted octanol–water partition coefficient (Wildman–Crippen LogP) is 4.08. The second kappa shape index (κ2) is 7.54. The Morgan fingerprint density at radius 3 is 2.82 bits per heavy atom. The van der Waals surface area contributed by atoms with Crippen LogP contribution in [0.25, 0.3) is 11.1 Å². The van der Waals surface area contributed by atoms with Gasteiger partial charge in [-0.15, -0.1) is 0 Å². The first-order valence-corrected chi connectivity index (χ1v) is 9.67. The van der Waals surface area contributed by atoms with Crippen LogP contribution in [0.5, 0.6) is 0 Å². The van der Waals surface area contributed by atoms with Gasteiger partial charge in [-0.3, -0.25) is 14.6 Å². The molecule has 1 unspecified atom stereocenters. The summed E-state index contributed by atoms with van der Waals surface area (Å²) in [5.74, 6) is 0.650. The summed E-state index contributed by atoms with van der Waals surface area (Å²) in [7, 11) is 0. The number of Topliss-reactive ketones (excluding diaryl/α,β-unsaturated/α-hetero) is 1. The minimum atomic E-state index is -0.190. The first-order chi connectivity index (χ1) is 13.5. The standard InChI is InChI=1S/C22H23N3O3/c1-14(2)21-24-18-11-15(7-8-19(18)28-21)22(27)25-10-4-6-17(13-25)20(26)16-5-3-9-23-12-16/h3,5,7-9,11-12,14,17H,4,6,10,13H2,1-2H3. The van der Waals surface area contributed by atoms with Crippen LogP contribution in [-0.2, 0) is 0 Å². The third-order valence-electron chi connectivity index (χ3n) is 5.17. The van der Waals surface area contributed by atoms with Crippen molar-refractivity contribution in [3.05, 3.63) is 59.7 Å². The van der Waals surface area contributed by atoms with E-state index in [1.54, 1.807) is 47.6 Å². The van der Waals surface area contributed by atoms with Crippen molar-refractivity contribution >= 4 is 22.8 Å². The van der Waals surface area contributed by atoms with Gasteiger partial charge in [0.05, 0.1) is 0 Å². The molecule has 1 atom stereocenters. The van der Waals surface area contributed by atoms with E-state index in [-0.39, 0.29) is 23.5 Å². The largest absolute Gasteiger partial charge is 0.440 e. The van der Waals surface area contributed by atoms with Gasteiger partial charge in [-0.25, -0.2) is 4.98 Å². The second-order valence-corrected chi connectivity index (χ2v) is 7.59. The number of carbonyl (C=O) groups excluding carboxylic acids is 2. The number of hydrogen-bond acceptors (Lipinski definition) is 5. The van der Waals surface area contributed by atoms with Crippen LogP contribution < -0.4 is 0 Å². The molecule has 28 heavy (non-hydrogen) atoms. The minimum Gasteiger partial charge on any atom is -0.440 e. The zero-order valence-corrected chi connectivity index (χ0v) is 16.1. The summed E-state index contributed by atoms with van der Waals surface area (Å²) < 4.78 is 5.72. The van der Waals surface area contributed by atoms with Crippen molar-refractivity contribution in [1.82, 2.24) is 14.9 Å². The average Bonchev–Trinajstić information content (AvgIpc) is 3.17. The average molecular weight is 377 g/mol. The van der Waals surface area contributed by atoms with Crippen molar-refractivity contribution in [3.63, 3.8) is 0 Å². The van der Waals surface area contributed by atoms with Gasteiger partial charge in [0.25, 0.3) is 5.91 Å². The van der Waals surface area contributed by atoms with Crippen LogP contribution in [-0.4, -0.2) is 39.6 Å². The number of piperidine rings is 1. The van der Waals surface area contributed by atoms with Gasteiger partial charge in [-0.2, -0.15) is 0 Å². The second-order valence-electron chi connectivity index (χ2n) is 7.59. The van der Waals surface area contributed by atoms with Crippen LogP contribution >= 0.6 is 0 Å². The van der Waals surface area contributed by atoms with Crippen LogP contribution in [0.1, 0.15) is 59.2 Å². The summed E-state index contributed by atoms with van der Waals surface area (Å²) in [6.07, 6.45) is 4.84. The molecule has 3 aromatic rings. The number of amides is 1. The Kier molecular flexibility index (Phi) is 4.94.